The van der Waals surface area contributed by atoms with Gasteiger partial charge in [-0.25, -0.2) is 0 Å². The molecule has 4 heteroatoms. The van der Waals surface area contributed by atoms with E-state index >= 15 is 0 Å². The Morgan fingerprint density at radius 2 is 2.00 bits per heavy atom. The summed E-state index contributed by atoms with van der Waals surface area (Å²) in [5.74, 6) is 1.78. The lowest BCUT2D eigenvalue weighted by atomic mass is 10.1. The van der Waals surface area contributed by atoms with Gasteiger partial charge < -0.3 is 4.74 Å². The third-order valence-electron chi connectivity index (χ3n) is 2.27. The van der Waals surface area contributed by atoms with Crippen molar-refractivity contribution in [2.75, 3.05) is 18.1 Å². The number of ketones is 1. The van der Waals surface area contributed by atoms with Crippen molar-refractivity contribution in [3.8, 4) is 5.75 Å². The summed E-state index contributed by atoms with van der Waals surface area (Å²) in [7, 11) is -0.821. The standard InChI is InChI=1S/C13H18O3S/c1-3-9-17(15)10-8-16-13-7-5-4-6-12(13)11(2)14/h4-7H,3,8-10H2,1-2H3. The van der Waals surface area contributed by atoms with Crippen LogP contribution in [0.2, 0.25) is 0 Å². The van der Waals surface area contributed by atoms with Crippen LogP contribution in [0.1, 0.15) is 30.6 Å². The molecule has 1 atom stereocenters. The molecule has 0 N–H and O–H groups in total. The Balaban J connectivity index is 2.52. The fourth-order valence-corrected chi connectivity index (χ4v) is 2.39. The number of rotatable bonds is 7. The molecule has 1 aromatic carbocycles. The molecule has 0 bridgehead atoms. The van der Waals surface area contributed by atoms with Crippen LogP contribution in [0.3, 0.4) is 0 Å². The highest BCUT2D eigenvalue weighted by molar-refractivity contribution is 7.84. The summed E-state index contributed by atoms with van der Waals surface area (Å²) >= 11 is 0. The Hall–Kier alpha value is -1.16. The zero-order valence-electron chi connectivity index (χ0n) is 10.3. The Bertz CT molecular complexity index is 401. The van der Waals surface area contributed by atoms with Crippen LogP contribution in [-0.2, 0) is 10.8 Å². The maximum atomic E-state index is 11.4. The largest absolute Gasteiger partial charge is 0.492 e. The van der Waals surface area contributed by atoms with Crippen molar-refractivity contribution in [1.82, 2.24) is 0 Å². The van der Waals surface area contributed by atoms with E-state index in [1.807, 2.05) is 13.0 Å². The first kappa shape index (κ1) is 13.9. The van der Waals surface area contributed by atoms with Crippen molar-refractivity contribution in [2.45, 2.75) is 20.3 Å². The third-order valence-corrected chi connectivity index (χ3v) is 3.75. The van der Waals surface area contributed by atoms with Crippen LogP contribution >= 0.6 is 0 Å². The fourth-order valence-electron chi connectivity index (χ4n) is 1.46. The van der Waals surface area contributed by atoms with Gasteiger partial charge in [-0.3, -0.25) is 9.00 Å². The first-order valence-corrected chi connectivity index (χ1v) is 7.21. The lowest BCUT2D eigenvalue weighted by molar-refractivity contribution is 0.101. The van der Waals surface area contributed by atoms with Crippen molar-refractivity contribution < 1.29 is 13.7 Å². The molecule has 0 saturated heterocycles. The number of benzene rings is 1. The van der Waals surface area contributed by atoms with Crippen LogP contribution in [0.5, 0.6) is 5.75 Å². The van der Waals surface area contributed by atoms with Crippen molar-refractivity contribution in [1.29, 1.82) is 0 Å². The molecular formula is C13H18O3S. The number of carbonyl (C=O) groups excluding carboxylic acids is 1. The summed E-state index contributed by atoms with van der Waals surface area (Å²) < 4.78 is 16.9. The van der Waals surface area contributed by atoms with E-state index in [4.69, 9.17) is 4.74 Å². The lowest BCUT2D eigenvalue weighted by Gasteiger charge is -2.09. The minimum absolute atomic E-state index is 0.0183. The summed E-state index contributed by atoms with van der Waals surface area (Å²) in [5, 5.41) is 0. The van der Waals surface area contributed by atoms with Crippen LogP contribution in [0.15, 0.2) is 24.3 Å². The van der Waals surface area contributed by atoms with Gasteiger partial charge in [0.15, 0.2) is 5.78 Å². The minimum Gasteiger partial charge on any atom is -0.492 e. The molecule has 0 saturated carbocycles. The van der Waals surface area contributed by atoms with Crippen molar-refractivity contribution in [2.24, 2.45) is 0 Å². The van der Waals surface area contributed by atoms with Crippen LogP contribution in [0, 0.1) is 0 Å². The van der Waals surface area contributed by atoms with E-state index in [2.05, 4.69) is 0 Å². The van der Waals surface area contributed by atoms with Gasteiger partial charge in [0, 0.05) is 16.6 Å². The number of Topliss-reactive ketones (excluding diaryl/α,β-unsaturated/α-hetero) is 1. The second kappa shape index (κ2) is 7.22. The van der Waals surface area contributed by atoms with Gasteiger partial charge >= 0.3 is 0 Å². The molecule has 17 heavy (non-hydrogen) atoms. The van der Waals surface area contributed by atoms with Crippen LogP contribution < -0.4 is 4.74 Å². The molecule has 1 rings (SSSR count). The van der Waals surface area contributed by atoms with Gasteiger partial charge in [-0.1, -0.05) is 19.1 Å². The van der Waals surface area contributed by atoms with Gasteiger partial charge in [0.05, 0.1) is 17.9 Å². The summed E-state index contributed by atoms with van der Waals surface area (Å²) in [5.41, 5.74) is 0.578. The highest BCUT2D eigenvalue weighted by atomic mass is 32.2. The van der Waals surface area contributed by atoms with E-state index in [0.717, 1.165) is 6.42 Å². The van der Waals surface area contributed by atoms with Gasteiger partial charge in [-0.15, -0.1) is 0 Å². The molecule has 0 fully saturated rings. The third kappa shape index (κ3) is 4.69. The van der Waals surface area contributed by atoms with E-state index < -0.39 is 10.8 Å². The lowest BCUT2D eigenvalue weighted by Crippen LogP contribution is -2.12. The second-order valence-electron chi connectivity index (χ2n) is 3.75. The molecule has 1 unspecified atom stereocenters. The molecule has 0 aromatic heterocycles. The fraction of sp³-hybridized carbons (Fsp3) is 0.462. The van der Waals surface area contributed by atoms with Gasteiger partial charge in [-0.2, -0.15) is 0 Å². The molecule has 0 amide bonds. The molecule has 0 aliphatic rings. The minimum atomic E-state index is -0.821. The summed E-state index contributed by atoms with van der Waals surface area (Å²) in [6.07, 6.45) is 0.913. The van der Waals surface area contributed by atoms with E-state index in [-0.39, 0.29) is 5.78 Å². The SMILES string of the molecule is CCCS(=O)CCOc1ccccc1C(C)=O. The van der Waals surface area contributed by atoms with Crippen LogP contribution in [0.25, 0.3) is 0 Å². The highest BCUT2D eigenvalue weighted by Gasteiger charge is 2.07. The summed E-state index contributed by atoms with van der Waals surface area (Å²) in [4.78, 5) is 11.3. The maximum Gasteiger partial charge on any atom is 0.163 e. The topological polar surface area (TPSA) is 43.4 Å². The number of ether oxygens (including phenoxy) is 1. The Kier molecular flexibility index (Phi) is 5.91. The molecule has 1 aromatic rings. The van der Waals surface area contributed by atoms with E-state index in [1.54, 1.807) is 18.2 Å². The van der Waals surface area contributed by atoms with E-state index in [9.17, 15) is 9.00 Å². The van der Waals surface area contributed by atoms with Gasteiger partial charge in [0.25, 0.3) is 0 Å². The first-order valence-electron chi connectivity index (χ1n) is 5.73. The van der Waals surface area contributed by atoms with Gasteiger partial charge in [-0.05, 0) is 25.5 Å². The highest BCUT2D eigenvalue weighted by Crippen LogP contribution is 2.18. The number of carbonyl (C=O) groups is 1. The molecule has 0 heterocycles. The quantitative estimate of drug-likeness (QED) is 0.702. The first-order chi connectivity index (χ1) is 8.15. The molecule has 3 nitrogen and oxygen atoms in total. The Morgan fingerprint density at radius 1 is 1.29 bits per heavy atom. The predicted molar refractivity (Wildman–Crippen MR) is 70.1 cm³/mol. The van der Waals surface area contributed by atoms with E-state index in [1.165, 1.54) is 6.92 Å². The zero-order chi connectivity index (χ0) is 12.7. The Labute approximate surface area is 105 Å². The van der Waals surface area contributed by atoms with Gasteiger partial charge in [0.1, 0.15) is 5.75 Å². The molecule has 94 valence electrons. The number of para-hydroxylation sites is 1. The average molecular weight is 254 g/mol. The van der Waals surface area contributed by atoms with Gasteiger partial charge in [0.2, 0.25) is 0 Å². The number of hydrogen-bond donors (Lipinski definition) is 0. The monoisotopic (exact) mass is 254 g/mol. The number of hydrogen-bond acceptors (Lipinski definition) is 3. The molecule has 0 aliphatic carbocycles. The summed E-state index contributed by atoms with van der Waals surface area (Å²) in [6.45, 7) is 3.90. The Morgan fingerprint density at radius 3 is 2.65 bits per heavy atom. The maximum absolute atomic E-state index is 11.4. The molecule has 0 spiro atoms. The smallest absolute Gasteiger partial charge is 0.163 e. The summed E-state index contributed by atoms with van der Waals surface area (Å²) in [6, 6.07) is 7.13. The molecular weight excluding hydrogens is 236 g/mol. The van der Waals surface area contributed by atoms with Crippen molar-refractivity contribution in [3.05, 3.63) is 29.8 Å². The predicted octanol–water partition coefficient (Wildman–Crippen LogP) is 2.43. The molecule has 0 aliphatic heterocycles. The van der Waals surface area contributed by atoms with E-state index in [0.29, 0.717) is 29.4 Å². The van der Waals surface area contributed by atoms with Crippen molar-refractivity contribution >= 4 is 16.6 Å². The normalized spacial score (nSPS) is 12.1. The second-order valence-corrected chi connectivity index (χ2v) is 5.45. The van der Waals surface area contributed by atoms with Crippen molar-refractivity contribution in [3.63, 3.8) is 0 Å². The van der Waals surface area contributed by atoms with Crippen LogP contribution in [-0.4, -0.2) is 28.1 Å². The average Bonchev–Trinajstić information content (AvgIpc) is 2.30. The molecule has 0 radical (unpaired) electrons. The van der Waals surface area contributed by atoms with Crippen LogP contribution in [0.4, 0.5) is 0 Å². The zero-order valence-corrected chi connectivity index (χ0v) is 11.1.